The topological polar surface area (TPSA) is 58.2 Å². The number of hydrogen-bond donors (Lipinski definition) is 2. The Morgan fingerprint density at radius 3 is 2.71 bits per heavy atom. The van der Waals surface area contributed by atoms with Gasteiger partial charge in [0.1, 0.15) is 10.3 Å². The summed E-state index contributed by atoms with van der Waals surface area (Å²) in [5.41, 5.74) is 0. The minimum atomic E-state index is -3.48. The van der Waals surface area contributed by atoms with Crippen LogP contribution in [0.3, 0.4) is 0 Å². The predicted molar refractivity (Wildman–Crippen MR) is 71.0 cm³/mol. The Hall–Kier alpha value is -0.140. The number of hydrogen-bond acceptors (Lipinski definition) is 4. The van der Waals surface area contributed by atoms with Crippen LogP contribution in [0.1, 0.15) is 0 Å². The van der Waals surface area contributed by atoms with E-state index in [0.717, 1.165) is 6.54 Å². The lowest BCUT2D eigenvalue weighted by atomic mass is 10.4. The summed E-state index contributed by atoms with van der Waals surface area (Å²) < 4.78 is 25.3. The van der Waals surface area contributed by atoms with Gasteiger partial charge < -0.3 is 5.32 Å². The summed E-state index contributed by atoms with van der Waals surface area (Å²) in [4.78, 5) is 0.155. The summed E-state index contributed by atoms with van der Waals surface area (Å²) in [6, 6.07) is 4.96. The lowest BCUT2D eigenvalue weighted by molar-refractivity contribution is 0.474. The van der Waals surface area contributed by atoms with Gasteiger partial charge in [-0.05, 0) is 28.1 Å². The molecular formula is C10H12BrClN2O2S. The average Bonchev–Trinajstić information content (AvgIpc) is 2.29. The van der Waals surface area contributed by atoms with Gasteiger partial charge in [-0.1, -0.05) is 17.7 Å². The first-order valence-corrected chi connectivity index (χ1v) is 7.87. The molecule has 0 aliphatic carbocycles. The van der Waals surface area contributed by atoms with Crippen LogP contribution in [0.15, 0.2) is 27.6 Å². The van der Waals surface area contributed by atoms with E-state index < -0.39 is 15.2 Å². The van der Waals surface area contributed by atoms with Gasteiger partial charge in [-0.3, -0.25) is 5.32 Å². The fraction of sp³-hybridized carbons (Fsp3) is 0.400. The molecule has 7 heteroatoms. The Kier molecular flexibility index (Phi) is 4.10. The minimum absolute atomic E-state index is 0.155. The van der Waals surface area contributed by atoms with Gasteiger partial charge in [0.15, 0.2) is 9.84 Å². The summed E-state index contributed by atoms with van der Waals surface area (Å²) in [6.07, 6.45) is 0. The molecule has 1 aliphatic rings. The maximum atomic E-state index is 12.4. The molecule has 0 amide bonds. The van der Waals surface area contributed by atoms with E-state index in [1.165, 1.54) is 0 Å². The molecule has 1 atom stereocenters. The molecule has 0 bridgehead atoms. The van der Waals surface area contributed by atoms with Gasteiger partial charge >= 0.3 is 0 Å². The van der Waals surface area contributed by atoms with Gasteiger partial charge in [0, 0.05) is 24.1 Å². The van der Waals surface area contributed by atoms with Crippen molar-refractivity contribution >= 4 is 37.4 Å². The van der Waals surface area contributed by atoms with Crippen LogP contribution in [-0.4, -0.2) is 33.4 Å². The van der Waals surface area contributed by atoms with Crippen LogP contribution in [0.5, 0.6) is 0 Å². The number of piperazine rings is 1. The molecule has 1 aromatic carbocycles. The highest BCUT2D eigenvalue weighted by molar-refractivity contribution is 9.10. The number of halogens is 2. The number of benzene rings is 1. The van der Waals surface area contributed by atoms with E-state index in [9.17, 15) is 8.42 Å². The first-order chi connectivity index (χ1) is 8.03. The highest BCUT2D eigenvalue weighted by Gasteiger charge is 2.31. The first kappa shape index (κ1) is 13.3. The molecule has 2 rings (SSSR count). The monoisotopic (exact) mass is 338 g/mol. The summed E-state index contributed by atoms with van der Waals surface area (Å²) in [5, 5.41) is 5.64. The van der Waals surface area contributed by atoms with E-state index in [4.69, 9.17) is 11.6 Å². The molecule has 1 aromatic rings. The van der Waals surface area contributed by atoms with E-state index in [2.05, 4.69) is 26.6 Å². The molecule has 2 N–H and O–H groups in total. The Bertz CT molecular complexity index is 495. The van der Waals surface area contributed by atoms with Crippen LogP contribution in [-0.2, 0) is 9.84 Å². The molecule has 1 fully saturated rings. The van der Waals surface area contributed by atoms with Gasteiger partial charge in [-0.15, -0.1) is 0 Å². The van der Waals surface area contributed by atoms with Crippen molar-refractivity contribution in [2.24, 2.45) is 0 Å². The zero-order chi connectivity index (χ0) is 12.5. The Morgan fingerprint density at radius 1 is 1.35 bits per heavy atom. The lowest BCUT2D eigenvalue weighted by Gasteiger charge is -2.25. The van der Waals surface area contributed by atoms with Crippen molar-refractivity contribution in [2.75, 3.05) is 19.6 Å². The second-order valence-corrected chi connectivity index (χ2v) is 7.07. The molecule has 0 aromatic heterocycles. The molecule has 4 nitrogen and oxygen atoms in total. The first-order valence-electron chi connectivity index (χ1n) is 5.15. The molecular weight excluding hydrogens is 328 g/mol. The summed E-state index contributed by atoms with van der Waals surface area (Å²) >= 11 is 9.21. The predicted octanol–water partition coefficient (Wildman–Crippen LogP) is 1.40. The number of rotatable bonds is 2. The summed E-state index contributed by atoms with van der Waals surface area (Å²) in [7, 11) is -3.48. The van der Waals surface area contributed by atoms with Gasteiger partial charge in [0.2, 0.25) is 0 Å². The van der Waals surface area contributed by atoms with Crippen molar-refractivity contribution < 1.29 is 8.42 Å². The molecule has 1 heterocycles. The molecule has 1 unspecified atom stereocenters. The van der Waals surface area contributed by atoms with Gasteiger partial charge in [-0.25, -0.2) is 8.42 Å². The fourth-order valence-corrected chi connectivity index (χ4v) is 5.04. The van der Waals surface area contributed by atoms with Crippen LogP contribution in [0.4, 0.5) is 0 Å². The van der Waals surface area contributed by atoms with Gasteiger partial charge in [-0.2, -0.15) is 0 Å². The quantitative estimate of drug-likeness (QED) is 0.855. The minimum Gasteiger partial charge on any atom is -0.313 e. The summed E-state index contributed by atoms with van der Waals surface area (Å²) in [5.74, 6) is 0. The maximum absolute atomic E-state index is 12.4. The van der Waals surface area contributed by atoms with Crippen molar-refractivity contribution in [2.45, 2.75) is 10.3 Å². The number of sulfone groups is 1. The Labute approximate surface area is 114 Å². The van der Waals surface area contributed by atoms with Crippen molar-refractivity contribution in [3.8, 4) is 0 Å². The Morgan fingerprint density at radius 2 is 2.12 bits per heavy atom. The van der Waals surface area contributed by atoms with E-state index in [1.807, 2.05) is 0 Å². The lowest BCUT2D eigenvalue weighted by Crippen LogP contribution is -2.52. The second-order valence-electron chi connectivity index (χ2n) is 3.74. The fourth-order valence-electron chi connectivity index (χ4n) is 1.74. The van der Waals surface area contributed by atoms with Gasteiger partial charge in [0.05, 0.1) is 5.02 Å². The smallest absolute Gasteiger partial charge is 0.198 e. The number of nitrogens with one attached hydrogen (secondary N) is 2. The largest absolute Gasteiger partial charge is 0.313 e. The second kappa shape index (κ2) is 5.24. The van der Waals surface area contributed by atoms with Crippen molar-refractivity contribution in [3.05, 3.63) is 27.7 Å². The van der Waals surface area contributed by atoms with Crippen LogP contribution in [0.2, 0.25) is 5.02 Å². The average molecular weight is 340 g/mol. The molecule has 0 spiro atoms. The molecule has 17 heavy (non-hydrogen) atoms. The maximum Gasteiger partial charge on any atom is 0.198 e. The third-order valence-corrected chi connectivity index (χ3v) is 6.02. The van der Waals surface area contributed by atoms with E-state index in [-0.39, 0.29) is 9.92 Å². The van der Waals surface area contributed by atoms with E-state index >= 15 is 0 Å². The van der Waals surface area contributed by atoms with E-state index in [0.29, 0.717) is 17.6 Å². The third kappa shape index (κ3) is 2.66. The zero-order valence-electron chi connectivity index (χ0n) is 8.91. The highest BCUT2D eigenvalue weighted by Crippen LogP contribution is 2.31. The zero-order valence-corrected chi connectivity index (χ0v) is 12.1. The molecule has 1 saturated heterocycles. The van der Waals surface area contributed by atoms with Crippen molar-refractivity contribution in [3.63, 3.8) is 0 Å². The molecule has 94 valence electrons. The van der Waals surface area contributed by atoms with Crippen molar-refractivity contribution in [1.29, 1.82) is 0 Å². The third-order valence-electron chi connectivity index (χ3n) is 2.58. The Balaban J connectivity index is 2.44. The SMILES string of the molecule is O=S(=O)(c1c(Cl)cccc1Br)C1CNCCN1. The highest BCUT2D eigenvalue weighted by atomic mass is 79.9. The normalized spacial score (nSPS) is 21.4. The van der Waals surface area contributed by atoms with Gasteiger partial charge in [0.25, 0.3) is 0 Å². The van der Waals surface area contributed by atoms with Crippen LogP contribution in [0.25, 0.3) is 0 Å². The summed E-state index contributed by atoms with van der Waals surface area (Å²) in [6.45, 7) is 1.79. The van der Waals surface area contributed by atoms with Crippen LogP contribution < -0.4 is 10.6 Å². The van der Waals surface area contributed by atoms with Crippen LogP contribution in [0, 0.1) is 0 Å². The standard InChI is InChI=1S/C10H12BrClN2O2S/c11-7-2-1-3-8(12)10(7)17(15,16)9-6-13-4-5-14-9/h1-3,9,13-14H,4-6H2. The van der Waals surface area contributed by atoms with Crippen LogP contribution >= 0.6 is 27.5 Å². The molecule has 1 aliphatic heterocycles. The van der Waals surface area contributed by atoms with E-state index in [1.54, 1.807) is 18.2 Å². The van der Waals surface area contributed by atoms with Crippen molar-refractivity contribution in [1.82, 2.24) is 10.6 Å². The molecule has 0 radical (unpaired) electrons. The molecule has 0 saturated carbocycles.